The van der Waals surface area contributed by atoms with E-state index in [2.05, 4.69) is 30.1 Å². The summed E-state index contributed by atoms with van der Waals surface area (Å²) in [6, 6.07) is 2.32. The van der Waals surface area contributed by atoms with Crippen LogP contribution in [-0.4, -0.2) is 22.9 Å². The fraction of sp³-hybridized carbons (Fsp3) is 0.786. The Morgan fingerprint density at radius 3 is 2.89 bits per heavy atom. The molecule has 2 fully saturated rings. The molecule has 3 atom stereocenters. The van der Waals surface area contributed by atoms with Crippen LogP contribution in [0.3, 0.4) is 0 Å². The lowest BCUT2D eigenvalue weighted by atomic mass is 10.1. The van der Waals surface area contributed by atoms with Crippen molar-refractivity contribution in [3.05, 3.63) is 11.7 Å². The molecule has 19 heavy (non-hydrogen) atoms. The molecule has 1 aromatic heterocycles. The summed E-state index contributed by atoms with van der Waals surface area (Å²) in [5, 5.41) is 13.1. The molecule has 3 rings (SSSR count). The first-order valence-electron chi connectivity index (χ1n) is 6.96. The molecule has 2 heterocycles. The summed E-state index contributed by atoms with van der Waals surface area (Å²) in [6.07, 6.45) is 4.36. The van der Waals surface area contributed by atoms with E-state index in [4.69, 9.17) is 14.5 Å². The molecule has 5 heteroatoms. The monoisotopic (exact) mass is 261 g/mol. The van der Waals surface area contributed by atoms with Gasteiger partial charge in [0.05, 0.1) is 24.0 Å². The van der Waals surface area contributed by atoms with Crippen LogP contribution in [0.25, 0.3) is 0 Å². The molecular formula is C14H19N3O2. The molecule has 1 aliphatic carbocycles. The van der Waals surface area contributed by atoms with Gasteiger partial charge in [0.2, 0.25) is 5.89 Å². The van der Waals surface area contributed by atoms with Gasteiger partial charge in [-0.15, -0.1) is 0 Å². The molecule has 0 aromatic carbocycles. The molecule has 5 nitrogen and oxygen atoms in total. The second-order valence-corrected chi connectivity index (χ2v) is 6.15. The largest absolute Gasteiger partial charge is 0.378 e. The molecule has 1 aliphatic heterocycles. The van der Waals surface area contributed by atoms with Crippen LogP contribution in [0, 0.1) is 22.7 Å². The molecule has 102 valence electrons. The van der Waals surface area contributed by atoms with Gasteiger partial charge in [0.25, 0.3) is 0 Å². The maximum atomic E-state index is 9.08. The van der Waals surface area contributed by atoms with E-state index in [0.717, 1.165) is 19.4 Å². The Kier molecular flexibility index (Phi) is 3.06. The Labute approximate surface area is 112 Å². The zero-order valence-electron chi connectivity index (χ0n) is 11.4. The maximum Gasteiger partial charge on any atom is 0.231 e. The second kappa shape index (κ2) is 4.61. The van der Waals surface area contributed by atoms with Crippen molar-refractivity contribution >= 4 is 0 Å². The molecule has 0 radical (unpaired) electrons. The van der Waals surface area contributed by atoms with Crippen molar-refractivity contribution in [2.75, 3.05) is 6.61 Å². The van der Waals surface area contributed by atoms with E-state index in [1.165, 1.54) is 6.42 Å². The summed E-state index contributed by atoms with van der Waals surface area (Å²) >= 11 is 0. The minimum Gasteiger partial charge on any atom is -0.378 e. The minimum atomic E-state index is -0.0418. The predicted octanol–water partition coefficient (Wildman–Crippen LogP) is 2.44. The number of rotatable bonds is 3. The Balaban J connectivity index is 1.66. The Morgan fingerprint density at radius 1 is 1.42 bits per heavy atom. The summed E-state index contributed by atoms with van der Waals surface area (Å²) in [5.41, 5.74) is -0.0418. The third-order valence-electron chi connectivity index (χ3n) is 4.40. The highest BCUT2D eigenvalue weighted by molar-refractivity contribution is 5.26. The van der Waals surface area contributed by atoms with Crippen LogP contribution < -0.4 is 0 Å². The fourth-order valence-electron chi connectivity index (χ4n) is 2.99. The molecule has 1 saturated heterocycles. The van der Waals surface area contributed by atoms with Gasteiger partial charge in [0.15, 0.2) is 5.82 Å². The van der Waals surface area contributed by atoms with Crippen LogP contribution in [0.4, 0.5) is 0 Å². The van der Waals surface area contributed by atoms with Crippen molar-refractivity contribution in [2.45, 2.75) is 51.6 Å². The van der Waals surface area contributed by atoms with Gasteiger partial charge in [-0.25, -0.2) is 0 Å². The number of hydrogen-bond donors (Lipinski definition) is 0. The maximum absolute atomic E-state index is 9.08. The highest BCUT2D eigenvalue weighted by atomic mass is 16.5. The standard InChI is InChI=1S/C14H19N3O2/c1-14(2)10(8-15)12(14)13-16-11(17-19-13)7-9-5-3-4-6-18-9/h9-10,12H,3-7H2,1-2H3. The van der Waals surface area contributed by atoms with Crippen LogP contribution in [0.1, 0.15) is 50.7 Å². The summed E-state index contributed by atoms with van der Waals surface area (Å²) in [4.78, 5) is 4.45. The Morgan fingerprint density at radius 2 is 2.26 bits per heavy atom. The zero-order chi connectivity index (χ0) is 13.5. The van der Waals surface area contributed by atoms with Gasteiger partial charge in [-0.3, -0.25) is 0 Å². The van der Waals surface area contributed by atoms with Crippen LogP contribution in [0.5, 0.6) is 0 Å². The average Bonchev–Trinajstić information content (AvgIpc) is 2.72. The van der Waals surface area contributed by atoms with Gasteiger partial charge in [0.1, 0.15) is 0 Å². The first kappa shape index (κ1) is 12.6. The molecule has 2 aliphatic rings. The summed E-state index contributed by atoms with van der Waals surface area (Å²) < 4.78 is 11.0. The minimum absolute atomic E-state index is 0.00766. The quantitative estimate of drug-likeness (QED) is 0.835. The van der Waals surface area contributed by atoms with E-state index in [1.807, 2.05) is 0 Å². The number of nitrogens with zero attached hydrogens (tertiary/aromatic N) is 3. The highest BCUT2D eigenvalue weighted by Crippen LogP contribution is 2.63. The van der Waals surface area contributed by atoms with Gasteiger partial charge < -0.3 is 9.26 Å². The van der Waals surface area contributed by atoms with Gasteiger partial charge in [-0.2, -0.15) is 10.2 Å². The lowest BCUT2D eigenvalue weighted by Crippen LogP contribution is -2.21. The third-order valence-corrected chi connectivity index (χ3v) is 4.40. The van der Waals surface area contributed by atoms with Crippen molar-refractivity contribution in [1.82, 2.24) is 10.1 Å². The number of hydrogen-bond acceptors (Lipinski definition) is 5. The topological polar surface area (TPSA) is 71.9 Å². The third kappa shape index (κ3) is 2.25. The smallest absolute Gasteiger partial charge is 0.231 e. The first-order chi connectivity index (χ1) is 9.13. The van der Waals surface area contributed by atoms with Crippen molar-refractivity contribution in [2.24, 2.45) is 11.3 Å². The van der Waals surface area contributed by atoms with E-state index >= 15 is 0 Å². The lowest BCUT2D eigenvalue weighted by Gasteiger charge is -2.20. The van der Waals surface area contributed by atoms with E-state index in [-0.39, 0.29) is 23.4 Å². The molecule has 0 bridgehead atoms. The molecule has 0 N–H and O–H groups in total. The highest BCUT2D eigenvalue weighted by Gasteiger charge is 2.62. The van der Waals surface area contributed by atoms with Crippen LogP contribution in [0.2, 0.25) is 0 Å². The van der Waals surface area contributed by atoms with E-state index < -0.39 is 0 Å². The van der Waals surface area contributed by atoms with Gasteiger partial charge in [-0.1, -0.05) is 19.0 Å². The van der Waals surface area contributed by atoms with E-state index in [0.29, 0.717) is 18.1 Å². The Hall–Kier alpha value is -1.41. The number of ether oxygens (including phenoxy) is 1. The SMILES string of the molecule is CC1(C)C(C#N)C1c1nc(CC2CCCCO2)no1. The lowest BCUT2D eigenvalue weighted by molar-refractivity contribution is 0.0153. The summed E-state index contributed by atoms with van der Waals surface area (Å²) in [7, 11) is 0. The summed E-state index contributed by atoms with van der Waals surface area (Å²) in [5.74, 6) is 1.40. The first-order valence-corrected chi connectivity index (χ1v) is 6.96. The number of aromatic nitrogens is 2. The Bertz CT molecular complexity index is 497. The normalized spacial score (nSPS) is 32.8. The van der Waals surface area contributed by atoms with Gasteiger partial charge in [-0.05, 0) is 24.7 Å². The van der Waals surface area contributed by atoms with Crippen molar-refractivity contribution in [1.29, 1.82) is 5.26 Å². The fourth-order valence-corrected chi connectivity index (χ4v) is 2.99. The number of nitriles is 1. The van der Waals surface area contributed by atoms with E-state index in [9.17, 15) is 0 Å². The molecular weight excluding hydrogens is 242 g/mol. The van der Waals surface area contributed by atoms with Gasteiger partial charge >= 0.3 is 0 Å². The van der Waals surface area contributed by atoms with Crippen molar-refractivity contribution in [3.63, 3.8) is 0 Å². The average molecular weight is 261 g/mol. The van der Waals surface area contributed by atoms with Gasteiger partial charge in [0, 0.05) is 13.0 Å². The zero-order valence-corrected chi connectivity index (χ0v) is 11.4. The molecule has 0 spiro atoms. The van der Waals surface area contributed by atoms with Crippen molar-refractivity contribution in [3.8, 4) is 6.07 Å². The van der Waals surface area contributed by atoms with Crippen molar-refractivity contribution < 1.29 is 9.26 Å². The second-order valence-electron chi connectivity index (χ2n) is 6.15. The predicted molar refractivity (Wildman–Crippen MR) is 67.2 cm³/mol. The molecule has 1 aromatic rings. The summed E-state index contributed by atoms with van der Waals surface area (Å²) in [6.45, 7) is 4.97. The van der Waals surface area contributed by atoms with Crippen LogP contribution >= 0.6 is 0 Å². The molecule has 3 unspecified atom stereocenters. The van der Waals surface area contributed by atoms with Crippen LogP contribution in [0.15, 0.2) is 4.52 Å². The molecule has 0 amide bonds. The van der Waals surface area contributed by atoms with E-state index in [1.54, 1.807) is 0 Å². The molecule has 1 saturated carbocycles. The van der Waals surface area contributed by atoms with Crippen LogP contribution in [-0.2, 0) is 11.2 Å².